The minimum Gasteiger partial charge on any atom is -0.388 e. The van der Waals surface area contributed by atoms with E-state index in [0.29, 0.717) is 10.5 Å². The highest BCUT2D eigenvalue weighted by Crippen LogP contribution is 2.36. The van der Waals surface area contributed by atoms with Gasteiger partial charge in [-0.15, -0.1) is 11.3 Å². The first-order chi connectivity index (χ1) is 19.6. The van der Waals surface area contributed by atoms with Crippen LogP contribution in [0.5, 0.6) is 0 Å². The third-order valence-electron chi connectivity index (χ3n) is 7.60. The maximum absolute atomic E-state index is 13.1. The second kappa shape index (κ2) is 12.2. The Morgan fingerprint density at radius 2 is 1.76 bits per heavy atom. The number of nitriles is 1. The molecule has 2 aliphatic heterocycles. The van der Waals surface area contributed by atoms with Crippen LogP contribution in [0.25, 0.3) is 26.8 Å². The summed E-state index contributed by atoms with van der Waals surface area (Å²) in [5, 5.41) is 42.1. The Labute approximate surface area is 243 Å². The van der Waals surface area contributed by atoms with Crippen molar-refractivity contribution in [2.75, 3.05) is 37.7 Å². The lowest BCUT2D eigenvalue weighted by atomic mass is 9.96. The number of fused-ring (bicyclic) bond motifs is 1. The summed E-state index contributed by atoms with van der Waals surface area (Å²) in [6.07, 6.45) is -6.16. The normalized spacial score (nSPS) is 26.0. The molecule has 41 heavy (non-hydrogen) atoms. The van der Waals surface area contributed by atoms with Gasteiger partial charge in [-0.25, -0.2) is 13.1 Å². The van der Waals surface area contributed by atoms with Crippen molar-refractivity contribution < 1.29 is 33.2 Å². The smallest absolute Gasteiger partial charge is 0.251 e. The standard InChI is InChI=1S/C29H33N3O7S2/c1-17(26(15-30)41(36,37)31-16-23-28(34)29(35)27(33)18(2)39-23)24-7-8-25(40-24)21-4-3-20-14-22(6-5-19(20)13-21)32-9-11-38-12-10-32/h3-8,13-14,18,23,27-29,31,33-35H,9-12,16H2,1-2H3. The molecule has 10 nitrogen and oxygen atoms in total. The van der Waals surface area contributed by atoms with Gasteiger partial charge in [0.2, 0.25) is 0 Å². The zero-order valence-corrected chi connectivity index (χ0v) is 24.4. The van der Waals surface area contributed by atoms with Gasteiger partial charge in [-0.1, -0.05) is 18.2 Å². The molecule has 5 unspecified atom stereocenters. The Hall–Kier alpha value is -2.86. The van der Waals surface area contributed by atoms with Gasteiger partial charge in [-0.2, -0.15) is 5.26 Å². The van der Waals surface area contributed by atoms with Gasteiger partial charge in [0.05, 0.1) is 19.3 Å². The molecule has 0 bridgehead atoms. The van der Waals surface area contributed by atoms with Gasteiger partial charge in [0.15, 0.2) is 4.91 Å². The van der Waals surface area contributed by atoms with Crippen molar-refractivity contribution in [3.8, 4) is 16.5 Å². The van der Waals surface area contributed by atoms with Crippen LogP contribution in [0.4, 0.5) is 5.69 Å². The van der Waals surface area contributed by atoms with Gasteiger partial charge in [-0.3, -0.25) is 0 Å². The maximum Gasteiger partial charge on any atom is 0.251 e. The van der Waals surface area contributed by atoms with Gasteiger partial charge < -0.3 is 29.7 Å². The summed E-state index contributed by atoms with van der Waals surface area (Å²) in [6.45, 7) is 5.90. The Bertz CT molecular complexity index is 1590. The number of aliphatic hydroxyl groups excluding tert-OH is 3. The second-order valence-corrected chi connectivity index (χ2v) is 13.1. The molecular formula is C29H33N3O7S2. The predicted molar refractivity (Wildman–Crippen MR) is 158 cm³/mol. The molecule has 0 aliphatic carbocycles. The Balaban J connectivity index is 1.33. The molecule has 2 saturated heterocycles. The highest BCUT2D eigenvalue weighted by molar-refractivity contribution is 7.93. The summed E-state index contributed by atoms with van der Waals surface area (Å²) in [6, 6.07) is 18.1. The molecule has 2 aromatic carbocycles. The first-order valence-corrected chi connectivity index (χ1v) is 15.7. The predicted octanol–water partition coefficient (Wildman–Crippen LogP) is 2.45. The molecule has 2 aliphatic rings. The molecule has 2 fully saturated rings. The number of allylic oxidation sites excluding steroid dienone is 2. The van der Waals surface area contributed by atoms with Crippen LogP contribution in [-0.2, 0) is 19.5 Å². The van der Waals surface area contributed by atoms with Crippen LogP contribution in [0, 0.1) is 11.3 Å². The van der Waals surface area contributed by atoms with Crippen LogP contribution >= 0.6 is 11.3 Å². The van der Waals surface area contributed by atoms with Gasteiger partial charge in [0.25, 0.3) is 10.0 Å². The maximum atomic E-state index is 13.1. The summed E-state index contributed by atoms with van der Waals surface area (Å²) < 4.78 is 39.4. The molecule has 0 radical (unpaired) electrons. The largest absolute Gasteiger partial charge is 0.388 e. The molecule has 0 amide bonds. The highest BCUT2D eigenvalue weighted by Gasteiger charge is 2.42. The number of rotatable bonds is 7. The number of aliphatic hydroxyl groups is 3. The van der Waals surface area contributed by atoms with Crippen molar-refractivity contribution >= 4 is 43.4 Å². The summed E-state index contributed by atoms with van der Waals surface area (Å²) >= 11 is 1.39. The first-order valence-electron chi connectivity index (χ1n) is 13.4. The van der Waals surface area contributed by atoms with Crippen molar-refractivity contribution in [3.05, 3.63) is 58.3 Å². The topological polar surface area (TPSA) is 152 Å². The van der Waals surface area contributed by atoms with E-state index in [4.69, 9.17) is 9.47 Å². The fourth-order valence-corrected chi connectivity index (χ4v) is 7.36. The number of ether oxygens (including phenoxy) is 2. The molecule has 1 aromatic heterocycles. The number of anilines is 1. The van der Waals surface area contributed by atoms with E-state index in [-0.39, 0.29) is 6.54 Å². The van der Waals surface area contributed by atoms with E-state index in [0.717, 1.165) is 47.5 Å². The highest BCUT2D eigenvalue weighted by atomic mass is 32.2. The van der Waals surface area contributed by atoms with Crippen LogP contribution in [0.3, 0.4) is 0 Å². The van der Waals surface area contributed by atoms with Crippen LogP contribution < -0.4 is 9.62 Å². The van der Waals surface area contributed by atoms with Crippen molar-refractivity contribution in [2.45, 2.75) is 44.4 Å². The third kappa shape index (κ3) is 6.18. The van der Waals surface area contributed by atoms with Crippen LogP contribution in [0.15, 0.2) is 53.4 Å². The molecule has 5 atom stereocenters. The van der Waals surface area contributed by atoms with Gasteiger partial charge in [-0.05, 0) is 66.1 Å². The van der Waals surface area contributed by atoms with E-state index >= 15 is 0 Å². The molecule has 3 aromatic rings. The number of morpholine rings is 1. The average molecular weight is 600 g/mol. The van der Waals surface area contributed by atoms with Crippen LogP contribution in [0.1, 0.15) is 18.7 Å². The fraction of sp³-hybridized carbons (Fsp3) is 0.414. The van der Waals surface area contributed by atoms with Gasteiger partial charge in [0, 0.05) is 35.1 Å². The summed E-state index contributed by atoms with van der Waals surface area (Å²) in [5.74, 6) is 0. The minimum absolute atomic E-state index is 0.293. The molecule has 218 valence electrons. The molecule has 5 rings (SSSR count). The lowest BCUT2D eigenvalue weighted by molar-refractivity contribution is -0.214. The van der Waals surface area contributed by atoms with E-state index in [1.54, 1.807) is 19.1 Å². The number of hydrogen-bond donors (Lipinski definition) is 4. The van der Waals surface area contributed by atoms with Gasteiger partial charge >= 0.3 is 0 Å². The lowest BCUT2D eigenvalue weighted by Gasteiger charge is -2.39. The SMILES string of the molecule is CC(=C(C#N)S(=O)(=O)NCC1OC(C)C(O)C(O)C1O)c1ccc(-c2ccc3cc(N4CCOCC4)ccc3c2)s1. The molecule has 0 saturated carbocycles. The van der Waals surface area contributed by atoms with Crippen molar-refractivity contribution in [1.29, 1.82) is 5.26 Å². The molecule has 12 heteroatoms. The zero-order valence-electron chi connectivity index (χ0n) is 22.7. The Kier molecular flexibility index (Phi) is 8.79. The summed E-state index contributed by atoms with van der Waals surface area (Å²) in [4.78, 5) is 3.43. The summed E-state index contributed by atoms with van der Waals surface area (Å²) in [5.41, 5.74) is 2.44. The van der Waals surface area contributed by atoms with Crippen LogP contribution in [-0.4, -0.2) is 87.1 Å². The van der Waals surface area contributed by atoms with E-state index < -0.39 is 45.4 Å². The number of sulfonamides is 1. The monoisotopic (exact) mass is 599 g/mol. The number of hydrogen-bond acceptors (Lipinski definition) is 10. The zero-order chi connectivity index (χ0) is 29.3. The van der Waals surface area contributed by atoms with E-state index in [9.17, 15) is 29.0 Å². The fourth-order valence-electron chi connectivity index (χ4n) is 5.13. The minimum atomic E-state index is -4.26. The number of nitrogens with one attached hydrogen (secondary N) is 1. The number of nitrogens with zero attached hydrogens (tertiary/aromatic N) is 2. The lowest BCUT2D eigenvalue weighted by Crippen LogP contribution is -2.59. The second-order valence-electron chi connectivity index (χ2n) is 10.3. The van der Waals surface area contributed by atoms with Gasteiger partial charge in [0.1, 0.15) is 30.5 Å². The summed E-state index contributed by atoms with van der Waals surface area (Å²) in [7, 11) is -4.26. The first kappa shape index (κ1) is 29.6. The Morgan fingerprint density at radius 1 is 1.05 bits per heavy atom. The van der Waals surface area contributed by atoms with Crippen LogP contribution in [0.2, 0.25) is 0 Å². The van der Waals surface area contributed by atoms with Crippen molar-refractivity contribution in [3.63, 3.8) is 0 Å². The van der Waals surface area contributed by atoms with E-state index in [1.165, 1.54) is 23.9 Å². The molecule has 3 heterocycles. The van der Waals surface area contributed by atoms with E-state index in [1.807, 2.05) is 12.1 Å². The third-order valence-corrected chi connectivity index (χ3v) is 10.3. The molecule has 0 spiro atoms. The van der Waals surface area contributed by atoms with E-state index in [2.05, 4.69) is 40.0 Å². The van der Waals surface area contributed by atoms with Crippen molar-refractivity contribution in [2.24, 2.45) is 0 Å². The average Bonchev–Trinajstić information content (AvgIpc) is 3.48. The molecule has 4 N–H and O–H groups in total. The number of benzene rings is 2. The molecular weight excluding hydrogens is 566 g/mol. The van der Waals surface area contributed by atoms with Crippen molar-refractivity contribution in [1.82, 2.24) is 4.72 Å². The Morgan fingerprint density at radius 3 is 2.49 bits per heavy atom. The quantitative estimate of drug-likeness (QED) is 0.300. The number of thiophene rings is 1.